The average molecular weight is 379 g/mol. The maximum absolute atomic E-state index is 13.0. The van der Waals surface area contributed by atoms with Crippen LogP contribution < -0.4 is 11.0 Å². The number of halogens is 1. The number of carbonyl (C=O) groups excluding carboxylic acids is 1. The van der Waals surface area contributed by atoms with Crippen LogP contribution in [-0.2, 0) is 4.79 Å². The molecule has 2 heterocycles. The van der Waals surface area contributed by atoms with Crippen LogP contribution in [0, 0.1) is 5.82 Å². The molecule has 1 amide bonds. The van der Waals surface area contributed by atoms with E-state index in [4.69, 9.17) is 0 Å². The molecule has 3 N–H and O–H groups in total. The molecule has 0 aliphatic heterocycles. The number of hydrogen-bond donors (Lipinski definition) is 3. The molecule has 7 heteroatoms. The summed E-state index contributed by atoms with van der Waals surface area (Å²) >= 11 is 1.51. The third kappa shape index (κ3) is 3.88. The van der Waals surface area contributed by atoms with Crippen molar-refractivity contribution in [1.82, 2.24) is 9.97 Å². The Labute approximate surface area is 157 Å². The Morgan fingerprint density at radius 1 is 1.00 bits per heavy atom. The van der Waals surface area contributed by atoms with E-state index < -0.39 is 0 Å². The summed E-state index contributed by atoms with van der Waals surface area (Å²) in [5.41, 5.74) is 2.54. The van der Waals surface area contributed by atoms with Crippen LogP contribution in [-0.4, -0.2) is 15.9 Å². The van der Waals surface area contributed by atoms with Crippen molar-refractivity contribution in [3.63, 3.8) is 0 Å². The van der Waals surface area contributed by atoms with Crippen molar-refractivity contribution in [2.24, 2.45) is 0 Å². The van der Waals surface area contributed by atoms with E-state index >= 15 is 0 Å². The number of nitrogens with one attached hydrogen (secondary N) is 3. The molecule has 4 rings (SSSR count). The highest BCUT2D eigenvalue weighted by Crippen LogP contribution is 2.29. The molecule has 0 saturated carbocycles. The van der Waals surface area contributed by atoms with Gasteiger partial charge in [-0.1, -0.05) is 12.1 Å². The molecule has 0 atom stereocenters. The molecule has 0 radical (unpaired) electrons. The summed E-state index contributed by atoms with van der Waals surface area (Å²) in [5.74, 6) is -0.544. The van der Waals surface area contributed by atoms with Gasteiger partial charge in [-0.3, -0.25) is 4.79 Å². The van der Waals surface area contributed by atoms with Crippen LogP contribution in [0.1, 0.15) is 4.88 Å². The third-order valence-corrected chi connectivity index (χ3v) is 5.04. The van der Waals surface area contributed by atoms with Gasteiger partial charge in [0.15, 0.2) is 0 Å². The summed E-state index contributed by atoms with van der Waals surface area (Å²) < 4.78 is 13.0. The van der Waals surface area contributed by atoms with Crippen LogP contribution in [0.5, 0.6) is 0 Å². The number of aromatic amines is 2. The summed E-state index contributed by atoms with van der Waals surface area (Å²) in [6, 6.07) is 15.3. The summed E-state index contributed by atoms with van der Waals surface area (Å²) in [4.78, 5) is 30.6. The van der Waals surface area contributed by atoms with Gasteiger partial charge in [0.1, 0.15) is 5.82 Å². The Morgan fingerprint density at radius 2 is 1.78 bits per heavy atom. The molecule has 27 heavy (non-hydrogen) atoms. The lowest BCUT2D eigenvalue weighted by atomic mass is 10.2. The first-order valence-corrected chi connectivity index (χ1v) is 8.95. The molecule has 5 nitrogen and oxygen atoms in total. The molecule has 0 aliphatic rings. The molecule has 0 unspecified atom stereocenters. The predicted molar refractivity (Wildman–Crippen MR) is 106 cm³/mol. The standard InChI is InChI=1S/C20H14FN3O2S/c21-13-3-1-12(2-4-13)18-9-6-15(27-18)7-10-19(25)22-14-5-8-16-17(11-14)24-20(26)23-16/h1-11H,(H,22,25)(H2,23,24,26)/b10-7+. The van der Waals surface area contributed by atoms with E-state index in [0.29, 0.717) is 16.7 Å². The van der Waals surface area contributed by atoms with Crippen molar-refractivity contribution in [2.45, 2.75) is 0 Å². The number of H-pyrrole nitrogens is 2. The van der Waals surface area contributed by atoms with Crippen LogP contribution in [0.2, 0.25) is 0 Å². The van der Waals surface area contributed by atoms with E-state index in [1.54, 1.807) is 36.4 Å². The number of imidazole rings is 1. The largest absolute Gasteiger partial charge is 0.323 e. The number of amides is 1. The van der Waals surface area contributed by atoms with E-state index in [9.17, 15) is 14.0 Å². The first-order chi connectivity index (χ1) is 13.1. The van der Waals surface area contributed by atoms with Gasteiger partial charge >= 0.3 is 5.69 Å². The molecule has 0 aliphatic carbocycles. The molecule has 4 aromatic rings. The van der Waals surface area contributed by atoms with Crippen molar-refractivity contribution < 1.29 is 9.18 Å². The average Bonchev–Trinajstić information content (AvgIpc) is 3.26. The second-order valence-corrected chi connectivity index (χ2v) is 6.99. The van der Waals surface area contributed by atoms with Gasteiger partial charge in [-0.2, -0.15) is 0 Å². The molecule has 0 saturated heterocycles. The van der Waals surface area contributed by atoms with Crippen molar-refractivity contribution in [1.29, 1.82) is 0 Å². The van der Waals surface area contributed by atoms with Crippen molar-refractivity contribution in [2.75, 3.05) is 5.32 Å². The Bertz CT molecular complexity index is 1200. The highest BCUT2D eigenvalue weighted by Gasteiger charge is 2.04. The minimum Gasteiger partial charge on any atom is -0.322 e. The van der Waals surface area contributed by atoms with Crippen molar-refractivity contribution >= 4 is 40.0 Å². The smallest absolute Gasteiger partial charge is 0.322 e. The van der Waals surface area contributed by atoms with E-state index in [0.717, 1.165) is 15.3 Å². The fourth-order valence-corrected chi connectivity index (χ4v) is 3.58. The number of anilines is 1. The number of benzene rings is 2. The van der Waals surface area contributed by atoms with E-state index in [1.807, 2.05) is 12.1 Å². The molecule has 2 aromatic carbocycles. The van der Waals surface area contributed by atoms with E-state index in [-0.39, 0.29) is 17.4 Å². The molecule has 2 aromatic heterocycles. The normalized spacial score (nSPS) is 11.3. The van der Waals surface area contributed by atoms with Crippen molar-refractivity contribution in [3.8, 4) is 10.4 Å². The number of rotatable bonds is 4. The van der Waals surface area contributed by atoms with Crippen LogP contribution in [0.25, 0.3) is 27.6 Å². The summed E-state index contributed by atoms with van der Waals surface area (Å²) in [6.07, 6.45) is 3.17. The highest BCUT2D eigenvalue weighted by molar-refractivity contribution is 7.16. The molecular formula is C20H14FN3O2S. The zero-order chi connectivity index (χ0) is 18.8. The first kappa shape index (κ1) is 17.0. The maximum atomic E-state index is 13.0. The topological polar surface area (TPSA) is 77.8 Å². The summed E-state index contributed by atoms with van der Waals surface area (Å²) in [7, 11) is 0. The second kappa shape index (κ2) is 7.05. The first-order valence-electron chi connectivity index (χ1n) is 8.14. The maximum Gasteiger partial charge on any atom is 0.323 e. The zero-order valence-electron chi connectivity index (χ0n) is 14.0. The van der Waals surface area contributed by atoms with Crippen molar-refractivity contribution in [3.05, 3.63) is 81.9 Å². The number of hydrogen-bond acceptors (Lipinski definition) is 3. The molecule has 134 valence electrons. The lowest BCUT2D eigenvalue weighted by molar-refractivity contribution is -0.111. The predicted octanol–water partition coefficient (Wildman–Crippen LogP) is 4.38. The Hall–Kier alpha value is -3.45. The summed E-state index contributed by atoms with van der Waals surface area (Å²) in [6.45, 7) is 0. The molecular weight excluding hydrogens is 365 g/mol. The van der Waals surface area contributed by atoms with Gasteiger partial charge in [-0.15, -0.1) is 11.3 Å². The van der Waals surface area contributed by atoms with Gasteiger partial charge < -0.3 is 15.3 Å². The number of fused-ring (bicyclic) bond motifs is 1. The van der Waals surface area contributed by atoms with E-state index in [2.05, 4.69) is 15.3 Å². The lowest BCUT2D eigenvalue weighted by Crippen LogP contribution is -2.07. The monoisotopic (exact) mass is 379 g/mol. The number of carbonyl (C=O) groups is 1. The quantitative estimate of drug-likeness (QED) is 0.460. The SMILES string of the molecule is O=C(/C=C/c1ccc(-c2ccc(F)cc2)s1)Nc1ccc2[nH]c(=O)[nH]c2c1. The fraction of sp³-hybridized carbons (Fsp3) is 0. The lowest BCUT2D eigenvalue weighted by Gasteiger charge is -2.01. The minimum absolute atomic E-state index is 0.269. The summed E-state index contributed by atoms with van der Waals surface area (Å²) in [5, 5.41) is 2.76. The second-order valence-electron chi connectivity index (χ2n) is 5.87. The minimum atomic E-state index is -0.289. The van der Waals surface area contributed by atoms with Crippen LogP contribution in [0.3, 0.4) is 0 Å². The zero-order valence-corrected chi connectivity index (χ0v) is 14.8. The molecule has 0 fully saturated rings. The fourth-order valence-electron chi connectivity index (χ4n) is 2.66. The van der Waals surface area contributed by atoms with Gasteiger partial charge in [0.25, 0.3) is 0 Å². The van der Waals surface area contributed by atoms with Gasteiger partial charge in [0.05, 0.1) is 11.0 Å². The van der Waals surface area contributed by atoms with Crippen LogP contribution in [0.15, 0.2) is 65.5 Å². The van der Waals surface area contributed by atoms with Crippen LogP contribution >= 0.6 is 11.3 Å². The van der Waals surface area contributed by atoms with E-state index in [1.165, 1.54) is 29.5 Å². The van der Waals surface area contributed by atoms with Gasteiger partial charge in [-0.25, -0.2) is 9.18 Å². The van der Waals surface area contributed by atoms with Gasteiger partial charge in [0, 0.05) is 21.5 Å². The molecule has 0 spiro atoms. The van der Waals surface area contributed by atoms with Crippen LogP contribution in [0.4, 0.5) is 10.1 Å². The number of aromatic nitrogens is 2. The Balaban J connectivity index is 1.45. The van der Waals surface area contributed by atoms with Gasteiger partial charge in [0.2, 0.25) is 5.91 Å². The Morgan fingerprint density at radius 3 is 2.59 bits per heavy atom. The third-order valence-electron chi connectivity index (χ3n) is 3.94. The van der Waals surface area contributed by atoms with Gasteiger partial charge in [-0.05, 0) is 54.1 Å². The highest BCUT2D eigenvalue weighted by atomic mass is 32.1. The number of thiophene rings is 1. The molecule has 0 bridgehead atoms. The Kier molecular flexibility index (Phi) is 4.43.